The largest absolute Gasteiger partial charge is 0.497 e. The van der Waals surface area contributed by atoms with E-state index >= 15 is 0 Å². The third-order valence-corrected chi connectivity index (χ3v) is 2.43. The SMILES string of the molecule is COc1ccc(OC)c(NC(=O)C(=O)NCCCl)c1. The molecular formula is C12H15ClN2O4. The second-order valence-electron chi connectivity index (χ2n) is 3.47. The van der Waals surface area contributed by atoms with Crippen molar-refractivity contribution in [3.05, 3.63) is 18.2 Å². The molecule has 6 nitrogen and oxygen atoms in total. The Hall–Kier alpha value is -1.95. The molecule has 0 radical (unpaired) electrons. The number of anilines is 1. The summed E-state index contributed by atoms with van der Waals surface area (Å²) >= 11 is 5.41. The average molecular weight is 287 g/mol. The third kappa shape index (κ3) is 4.33. The summed E-state index contributed by atoms with van der Waals surface area (Å²) in [6, 6.07) is 4.87. The Balaban J connectivity index is 2.79. The number of carbonyl (C=O) groups is 2. The third-order valence-electron chi connectivity index (χ3n) is 2.24. The van der Waals surface area contributed by atoms with Crippen LogP contribution < -0.4 is 20.1 Å². The number of amides is 2. The van der Waals surface area contributed by atoms with Crippen molar-refractivity contribution in [2.45, 2.75) is 0 Å². The van der Waals surface area contributed by atoms with Crippen LogP contribution in [0.25, 0.3) is 0 Å². The molecule has 0 saturated carbocycles. The van der Waals surface area contributed by atoms with E-state index in [1.807, 2.05) is 0 Å². The number of ether oxygens (including phenoxy) is 2. The molecule has 0 atom stereocenters. The molecule has 19 heavy (non-hydrogen) atoms. The number of hydrogen-bond donors (Lipinski definition) is 2. The van der Waals surface area contributed by atoms with Crippen LogP contribution in [0, 0.1) is 0 Å². The van der Waals surface area contributed by atoms with Gasteiger partial charge in [0.25, 0.3) is 0 Å². The summed E-state index contributed by atoms with van der Waals surface area (Å²) in [5.74, 6) is -0.347. The number of rotatable bonds is 5. The molecule has 1 aromatic rings. The molecule has 0 aliphatic heterocycles. The molecule has 0 bridgehead atoms. The molecule has 0 aromatic heterocycles. The Labute approximate surface area is 116 Å². The number of halogens is 1. The molecule has 0 aliphatic rings. The van der Waals surface area contributed by atoms with Crippen molar-refractivity contribution in [3.8, 4) is 11.5 Å². The number of nitrogens with one attached hydrogen (secondary N) is 2. The van der Waals surface area contributed by atoms with Crippen LogP contribution >= 0.6 is 11.6 Å². The number of carbonyl (C=O) groups excluding carboxylic acids is 2. The first-order valence-corrected chi connectivity index (χ1v) is 6.03. The van der Waals surface area contributed by atoms with Gasteiger partial charge in [0.2, 0.25) is 0 Å². The van der Waals surface area contributed by atoms with Gasteiger partial charge in [0.15, 0.2) is 0 Å². The highest BCUT2D eigenvalue weighted by Gasteiger charge is 2.15. The quantitative estimate of drug-likeness (QED) is 0.625. The van der Waals surface area contributed by atoms with Crippen molar-refractivity contribution in [2.75, 3.05) is 32.0 Å². The van der Waals surface area contributed by atoms with Gasteiger partial charge in [-0.15, -0.1) is 11.6 Å². The standard InChI is InChI=1S/C12H15ClN2O4/c1-18-8-3-4-10(19-2)9(7-8)15-12(17)11(16)14-6-5-13/h3-4,7H,5-6H2,1-2H3,(H,14,16)(H,15,17). The first-order valence-electron chi connectivity index (χ1n) is 5.49. The normalized spacial score (nSPS) is 9.63. The fourth-order valence-electron chi connectivity index (χ4n) is 1.33. The molecule has 0 unspecified atom stereocenters. The maximum Gasteiger partial charge on any atom is 0.313 e. The maximum atomic E-state index is 11.6. The summed E-state index contributed by atoms with van der Waals surface area (Å²) in [5.41, 5.74) is 0.355. The van der Waals surface area contributed by atoms with E-state index in [2.05, 4.69) is 10.6 Å². The lowest BCUT2D eigenvalue weighted by Gasteiger charge is -2.11. The van der Waals surface area contributed by atoms with Crippen molar-refractivity contribution in [2.24, 2.45) is 0 Å². The zero-order valence-electron chi connectivity index (χ0n) is 10.7. The molecule has 2 N–H and O–H groups in total. The predicted octanol–water partition coefficient (Wildman–Crippen LogP) is 0.997. The monoisotopic (exact) mass is 286 g/mol. The Morgan fingerprint density at radius 3 is 2.53 bits per heavy atom. The molecular weight excluding hydrogens is 272 g/mol. The molecule has 1 aromatic carbocycles. The van der Waals surface area contributed by atoms with E-state index in [1.165, 1.54) is 14.2 Å². The van der Waals surface area contributed by atoms with E-state index in [1.54, 1.807) is 18.2 Å². The molecule has 104 valence electrons. The van der Waals surface area contributed by atoms with Gasteiger partial charge in [0.05, 0.1) is 19.9 Å². The molecule has 7 heteroatoms. The Kier molecular flexibility index (Phi) is 5.95. The van der Waals surface area contributed by atoms with E-state index in [-0.39, 0.29) is 12.4 Å². The summed E-state index contributed by atoms with van der Waals surface area (Å²) in [4.78, 5) is 23.0. The minimum absolute atomic E-state index is 0.225. The summed E-state index contributed by atoms with van der Waals surface area (Å²) in [5, 5.41) is 4.81. The van der Waals surface area contributed by atoms with Gasteiger partial charge in [-0.3, -0.25) is 9.59 Å². The zero-order valence-corrected chi connectivity index (χ0v) is 11.4. The minimum Gasteiger partial charge on any atom is -0.497 e. The van der Waals surface area contributed by atoms with Gasteiger partial charge in [0.1, 0.15) is 11.5 Å². The Morgan fingerprint density at radius 2 is 1.95 bits per heavy atom. The fraction of sp³-hybridized carbons (Fsp3) is 0.333. The number of hydrogen-bond acceptors (Lipinski definition) is 4. The summed E-state index contributed by atoms with van der Waals surface area (Å²) < 4.78 is 10.1. The highest BCUT2D eigenvalue weighted by atomic mass is 35.5. The number of benzene rings is 1. The van der Waals surface area contributed by atoms with Crippen LogP contribution in [0.4, 0.5) is 5.69 Å². The number of methoxy groups -OCH3 is 2. The van der Waals surface area contributed by atoms with Gasteiger partial charge < -0.3 is 20.1 Å². The van der Waals surface area contributed by atoms with Crippen molar-refractivity contribution in [3.63, 3.8) is 0 Å². The van der Waals surface area contributed by atoms with Crippen molar-refractivity contribution >= 4 is 29.1 Å². The van der Waals surface area contributed by atoms with Gasteiger partial charge >= 0.3 is 11.8 Å². The molecule has 0 heterocycles. The molecule has 1 rings (SSSR count). The lowest BCUT2D eigenvalue weighted by Crippen LogP contribution is -2.36. The lowest BCUT2D eigenvalue weighted by molar-refractivity contribution is -0.136. The topological polar surface area (TPSA) is 76.7 Å². The number of alkyl halides is 1. The van der Waals surface area contributed by atoms with Gasteiger partial charge in [-0.05, 0) is 12.1 Å². The summed E-state index contributed by atoms with van der Waals surface area (Å²) in [6.07, 6.45) is 0. The molecule has 0 saturated heterocycles. The van der Waals surface area contributed by atoms with E-state index < -0.39 is 11.8 Å². The van der Waals surface area contributed by atoms with Crippen LogP contribution in [0.3, 0.4) is 0 Å². The predicted molar refractivity (Wildman–Crippen MR) is 71.9 cm³/mol. The van der Waals surface area contributed by atoms with Crippen LogP contribution in [0.1, 0.15) is 0 Å². The van der Waals surface area contributed by atoms with Crippen LogP contribution in [0.2, 0.25) is 0 Å². The van der Waals surface area contributed by atoms with Crippen molar-refractivity contribution in [1.82, 2.24) is 5.32 Å². The van der Waals surface area contributed by atoms with E-state index in [0.717, 1.165) is 0 Å². The van der Waals surface area contributed by atoms with Gasteiger partial charge in [-0.25, -0.2) is 0 Å². The fourth-order valence-corrected chi connectivity index (χ4v) is 1.43. The Morgan fingerprint density at radius 1 is 1.21 bits per heavy atom. The van der Waals surface area contributed by atoms with Crippen LogP contribution in [-0.2, 0) is 9.59 Å². The van der Waals surface area contributed by atoms with Gasteiger partial charge in [0, 0.05) is 18.5 Å². The molecule has 2 amide bonds. The summed E-state index contributed by atoms with van der Waals surface area (Å²) in [6.45, 7) is 0.225. The van der Waals surface area contributed by atoms with E-state index in [9.17, 15) is 9.59 Å². The van der Waals surface area contributed by atoms with Gasteiger partial charge in [-0.1, -0.05) is 0 Å². The smallest absolute Gasteiger partial charge is 0.313 e. The first-order chi connectivity index (χ1) is 9.12. The zero-order chi connectivity index (χ0) is 14.3. The van der Waals surface area contributed by atoms with Gasteiger partial charge in [-0.2, -0.15) is 0 Å². The molecule has 0 spiro atoms. The van der Waals surface area contributed by atoms with Crippen molar-refractivity contribution < 1.29 is 19.1 Å². The van der Waals surface area contributed by atoms with E-state index in [4.69, 9.17) is 21.1 Å². The first kappa shape index (κ1) is 15.1. The lowest BCUT2D eigenvalue weighted by atomic mass is 10.2. The Bertz CT molecular complexity index is 465. The maximum absolute atomic E-state index is 11.6. The van der Waals surface area contributed by atoms with Crippen LogP contribution in [-0.4, -0.2) is 38.5 Å². The van der Waals surface area contributed by atoms with Crippen LogP contribution in [0.15, 0.2) is 18.2 Å². The highest BCUT2D eigenvalue weighted by Crippen LogP contribution is 2.28. The van der Waals surface area contributed by atoms with Crippen molar-refractivity contribution in [1.29, 1.82) is 0 Å². The summed E-state index contributed by atoms with van der Waals surface area (Å²) in [7, 11) is 2.96. The minimum atomic E-state index is -0.795. The second kappa shape index (κ2) is 7.48. The average Bonchev–Trinajstić information content (AvgIpc) is 2.44. The van der Waals surface area contributed by atoms with Crippen LogP contribution in [0.5, 0.6) is 11.5 Å². The van der Waals surface area contributed by atoms with E-state index in [0.29, 0.717) is 17.2 Å². The molecule has 0 aliphatic carbocycles. The molecule has 0 fully saturated rings. The second-order valence-corrected chi connectivity index (χ2v) is 3.84. The highest BCUT2D eigenvalue weighted by molar-refractivity contribution is 6.39.